The Kier molecular flexibility index (Phi) is 10.9. The standard InChI is InChI=1S/C32H41N3O5S/c1-7-40-30-11-9-8-10-29(30)35(41(38,39)28-18-14-25(5)15-19-28)22-31(36)34(21-27-16-12-24(4)13-17-27)26(6)32(37)33-20-23(2)3/h8-19,23,26H,7,20-22H2,1-6H3,(H,33,37)/t26-/m0/s1. The highest BCUT2D eigenvalue weighted by molar-refractivity contribution is 7.92. The maximum atomic E-state index is 14.1. The minimum Gasteiger partial charge on any atom is -0.492 e. The van der Waals surface area contributed by atoms with Crippen LogP contribution in [0.25, 0.3) is 0 Å². The maximum absolute atomic E-state index is 14.1. The molecule has 0 saturated carbocycles. The second kappa shape index (κ2) is 14.2. The SMILES string of the molecule is CCOc1ccccc1N(CC(=O)N(Cc1ccc(C)cc1)[C@@H](C)C(=O)NCC(C)C)S(=O)(=O)c1ccc(C)cc1. The van der Waals surface area contributed by atoms with E-state index in [-0.39, 0.29) is 29.0 Å². The monoisotopic (exact) mass is 579 g/mol. The minimum absolute atomic E-state index is 0.0509. The van der Waals surface area contributed by atoms with Gasteiger partial charge in [0, 0.05) is 13.1 Å². The largest absolute Gasteiger partial charge is 0.492 e. The van der Waals surface area contributed by atoms with Crippen molar-refractivity contribution in [3.8, 4) is 5.75 Å². The molecule has 0 heterocycles. The molecule has 0 radical (unpaired) electrons. The van der Waals surface area contributed by atoms with Gasteiger partial charge in [0.25, 0.3) is 10.0 Å². The number of sulfonamides is 1. The normalized spacial score (nSPS) is 12.1. The number of rotatable bonds is 13. The Morgan fingerprint density at radius 3 is 2.05 bits per heavy atom. The summed E-state index contributed by atoms with van der Waals surface area (Å²) in [5, 5.41) is 2.90. The summed E-state index contributed by atoms with van der Waals surface area (Å²) >= 11 is 0. The van der Waals surface area contributed by atoms with Crippen molar-refractivity contribution >= 4 is 27.5 Å². The van der Waals surface area contributed by atoms with Crippen LogP contribution >= 0.6 is 0 Å². The maximum Gasteiger partial charge on any atom is 0.264 e. The fourth-order valence-electron chi connectivity index (χ4n) is 4.22. The minimum atomic E-state index is -4.18. The van der Waals surface area contributed by atoms with Gasteiger partial charge in [0.05, 0.1) is 17.2 Å². The lowest BCUT2D eigenvalue weighted by Gasteiger charge is -2.32. The van der Waals surface area contributed by atoms with E-state index < -0.39 is 28.5 Å². The topological polar surface area (TPSA) is 96.0 Å². The number of nitrogens with one attached hydrogen (secondary N) is 1. The first kappa shape index (κ1) is 31.7. The molecule has 41 heavy (non-hydrogen) atoms. The van der Waals surface area contributed by atoms with Gasteiger partial charge in [0.15, 0.2) is 0 Å². The van der Waals surface area contributed by atoms with Gasteiger partial charge in [-0.15, -0.1) is 0 Å². The number of para-hydroxylation sites is 2. The average Bonchev–Trinajstić information content (AvgIpc) is 2.94. The first-order valence-electron chi connectivity index (χ1n) is 13.9. The van der Waals surface area contributed by atoms with Gasteiger partial charge in [-0.2, -0.15) is 0 Å². The Hall–Kier alpha value is -3.85. The molecule has 0 aliphatic rings. The molecule has 0 fully saturated rings. The quantitative estimate of drug-likeness (QED) is 0.305. The number of amides is 2. The number of benzene rings is 3. The van der Waals surface area contributed by atoms with Crippen molar-refractivity contribution in [3.05, 3.63) is 89.5 Å². The zero-order chi connectivity index (χ0) is 30.2. The highest BCUT2D eigenvalue weighted by Crippen LogP contribution is 2.33. The van der Waals surface area contributed by atoms with Gasteiger partial charge in [0.2, 0.25) is 11.8 Å². The van der Waals surface area contributed by atoms with Crippen molar-refractivity contribution in [2.24, 2.45) is 5.92 Å². The van der Waals surface area contributed by atoms with Crippen LogP contribution in [0.3, 0.4) is 0 Å². The molecular formula is C32H41N3O5S. The van der Waals surface area contributed by atoms with Gasteiger partial charge in [-0.25, -0.2) is 8.42 Å². The Morgan fingerprint density at radius 1 is 0.878 bits per heavy atom. The van der Waals surface area contributed by atoms with Crippen LogP contribution in [0.2, 0.25) is 0 Å². The zero-order valence-corrected chi connectivity index (χ0v) is 25.6. The van der Waals surface area contributed by atoms with Crippen LogP contribution < -0.4 is 14.4 Å². The van der Waals surface area contributed by atoms with Crippen molar-refractivity contribution < 1.29 is 22.7 Å². The Balaban J connectivity index is 2.06. The van der Waals surface area contributed by atoms with E-state index in [1.807, 2.05) is 58.9 Å². The van der Waals surface area contributed by atoms with Crippen LogP contribution in [-0.4, -0.2) is 50.9 Å². The number of carbonyl (C=O) groups excluding carboxylic acids is 2. The predicted molar refractivity (Wildman–Crippen MR) is 162 cm³/mol. The molecule has 0 unspecified atom stereocenters. The molecule has 9 heteroatoms. The summed E-state index contributed by atoms with van der Waals surface area (Å²) in [6, 6.07) is 20.1. The molecule has 0 bridgehead atoms. The average molecular weight is 580 g/mol. The second-order valence-corrected chi connectivity index (χ2v) is 12.4. The summed E-state index contributed by atoms with van der Waals surface area (Å²) in [5.74, 6) is -0.245. The van der Waals surface area contributed by atoms with Gasteiger partial charge in [0.1, 0.15) is 18.3 Å². The summed E-state index contributed by atoms with van der Waals surface area (Å²) in [6.45, 7) is 11.7. The van der Waals surface area contributed by atoms with E-state index in [1.54, 1.807) is 43.3 Å². The summed E-state index contributed by atoms with van der Waals surface area (Å²) in [5.41, 5.74) is 3.05. The molecule has 0 saturated heterocycles. The lowest BCUT2D eigenvalue weighted by Crippen LogP contribution is -2.51. The molecule has 1 atom stereocenters. The molecule has 3 aromatic rings. The first-order chi connectivity index (χ1) is 19.4. The smallest absolute Gasteiger partial charge is 0.264 e. The van der Waals surface area contributed by atoms with Crippen LogP contribution in [0.4, 0.5) is 5.69 Å². The Morgan fingerprint density at radius 2 is 1.46 bits per heavy atom. The number of ether oxygens (including phenoxy) is 1. The Bertz CT molecular complexity index is 1420. The van der Waals surface area contributed by atoms with Gasteiger partial charge >= 0.3 is 0 Å². The summed E-state index contributed by atoms with van der Waals surface area (Å²) in [6.07, 6.45) is 0. The lowest BCUT2D eigenvalue weighted by molar-refractivity contribution is -0.139. The third-order valence-electron chi connectivity index (χ3n) is 6.65. The molecule has 2 amide bonds. The number of aryl methyl sites for hydroxylation is 2. The van der Waals surface area contributed by atoms with Crippen molar-refractivity contribution in [1.82, 2.24) is 10.2 Å². The summed E-state index contributed by atoms with van der Waals surface area (Å²) in [7, 11) is -4.18. The van der Waals surface area contributed by atoms with E-state index in [0.717, 1.165) is 21.0 Å². The van der Waals surface area contributed by atoms with Crippen LogP contribution in [0, 0.1) is 19.8 Å². The van der Waals surface area contributed by atoms with E-state index in [1.165, 1.54) is 17.0 Å². The van der Waals surface area contributed by atoms with Crippen LogP contribution in [-0.2, 0) is 26.2 Å². The van der Waals surface area contributed by atoms with E-state index in [9.17, 15) is 18.0 Å². The van der Waals surface area contributed by atoms with E-state index >= 15 is 0 Å². The number of hydrogen-bond acceptors (Lipinski definition) is 5. The molecular weight excluding hydrogens is 538 g/mol. The molecule has 8 nitrogen and oxygen atoms in total. The number of nitrogens with zero attached hydrogens (tertiary/aromatic N) is 2. The van der Waals surface area contributed by atoms with Gasteiger partial charge in [-0.1, -0.05) is 73.5 Å². The van der Waals surface area contributed by atoms with Crippen LogP contribution in [0.1, 0.15) is 44.4 Å². The van der Waals surface area contributed by atoms with Gasteiger partial charge in [-0.3, -0.25) is 13.9 Å². The molecule has 0 spiro atoms. The van der Waals surface area contributed by atoms with E-state index in [2.05, 4.69) is 5.32 Å². The van der Waals surface area contributed by atoms with Crippen LogP contribution in [0.5, 0.6) is 5.75 Å². The number of hydrogen-bond donors (Lipinski definition) is 1. The zero-order valence-electron chi connectivity index (χ0n) is 24.8. The molecule has 0 aromatic heterocycles. The molecule has 1 N–H and O–H groups in total. The number of anilines is 1. The molecule has 0 aliphatic heterocycles. The van der Waals surface area contributed by atoms with Crippen molar-refractivity contribution in [3.63, 3.8) is 0 Å². The third kappa shape index (κ3) is 8.33. The summed E-state index contributed by atoms with van der Waals surface area (Å²) in [4.78, 5) is 28.7. The predicted octanol–water partition coefficient (Wildman–Crippen LogP) is 5.09. The summed E-state index contributed by atoms with van der Waals surface area (Å²) < 4.78 is 34.9. The lowest BCUT2D eigenvalue weighted by atomic mass is 10.1. The highest BCUT2D eigenvalue weighted by atomic mass is 32.2. The van der Waals surface area contributed by atoms with Crippen LogP contribution in [0.15, 0.2) is 77.7 Å². The van der Waals surface area contributed by atoms with Gasteiger partial charge < -0.3 is 15.0 Å². The van der Waals surface area contributed by atoms with Crippen molar-refractivity contribution in [2.45, 2.75) is 59.0 Å². The Labute approximate surface area is 244 Å². The van der Waals surface area contributed by atoms with E-state index in [0.29, 0.717) is 18.9 Å². The highest BCUT2D eigenvalue weighted by Gasteiger charge is 2.33. The van der Waals surface area contributed by atoms with Crippen molar-refractivity contribution in [2.75, 3.05) is 24.0 Å². The van der Waals surface area contributed by atoms with Gasteiger partial charge in [-0.05, 0) is 63.4 Å². The molecule has 0 aliphatic carbocycles. The molecule has 220 valence electrons. The first-order valence-corrected chi connectivity index (χ1v) is 15.3. The third-order valence-corrected chi connectivity index (χ3v) is 8.42. The number of carbonyl (C=O) groups is 2. The van der Waals surface area contributed by atoms with E-state index in [4.69, 9.17) is 4.74 Å². The van der Waals surface area contributed by atoms with Crippen molar-refractivity contribution in [1.29, 1.82) is 0 Å². The second-order valence-electron chi connectivity index (χ2n) is 10.5. The fourth-order valence-corrected chi connectivity index (χ4v) is 5.64. The molecule has 3 rings (SSSR count). The molecule has 3 aromatic carbocycles. The fraction of sp³-hybridized carbons (Fsp3) is 0.375.